The van der Waals surface area contributed by atoms with E-state index >= 15 is 0 Å². The minimum atomic E-state index is -0.639. The summed E-state index contributed by atoms with van der Waals surface area (Å²) >= 11 is 6.04. The summed E-state index contributed by atoms with van der Waals surface area (Å²) < 4.78 is 7.64. The van der Waals surface area contributed by atoms with E-state index in [0.717, 1.165) is 5.57 Å². The number of ether oxygens (including phenoxy) is 1. The van der Waals surface area contributed by atoms with Gasteiger partial charge in [-0.3, -0.25) is 14.2 Å². The van der Waals surface area contributed by atoms with Gasteiger partial charge in [-0.1, -0.05) is 23.8 Å². The first-order chi connectivity index (χ1) is 9.93. The number of halogens is 1. The number of allylic oxidation sites excluding steroid dienone is 1. The fraction of sp³-hybridized carbons (Fsp3) is 0.200. The van der Waals surface area contributed by atoms with E-state index in [9.17, 15) is 9.59 Å². The van der Waals surface area contributed by atoms with Gasteiger partial charge in [0.1, 0.15) is 5.75 Å². The monoisotopic (exact) mass is 306 g/mol. The van der Waals surface area contributed by atoms with Crippen LogP contribution in [-0.4, -0.2) is 16.2 Å². The molecule has 0 N–H and O–H groups in total. The Balaban J connectivity index is 2.53. The van der Waals surface area contributed by atoms with Gasteiger partial charge in [-0.05, 0) is 25.1 Å². The van der Waals surface area contributed by atoms with E-state index < -0.39 is 11.1 Å². The van der Waals surface area contributed by atoms with Gasteiger partial charge in [0.2, 0.25) is 0 Å². The van der Waals surface area contributed by atoms with Crippen LogP contribution in [0.3, 0.4) is 0 Å². The Bertz CT molecular complexity index is 805. The molecule has 0 aliphatic carbocycles. The molecule has 1 heterocycles. The van der Waals surface area contributed by atoms with Crippen LogP contribution in [0, 0.1) is 0 Å². The van der Waals surface area contributed by atoms with Crippen molar-refractivity contribution >= 4 is 11.6 Å². The number of methoxy groups -OCH3 is 1. The smallest absolute Gasteiger partial charge is 0.320 e. The van der Waals surface area contributed by atoms with E-state index in [1.165, 1.54) is 22.4 Å². The van der Waals surface area contributed by atoms with Crippen LogP contribution >= 0.6 is 11.6 Å². The minimum Gasteiger partial charge on any atom is -0.495 e. The first-order valence-electron chi connectivity index (χ1n) is 6.24. The Kier molecular flexibility index (Phi) is 4.33. The van der Waals surface area contributed by atoms with Crippen LogP contribution in [0.1, 0.15) is 6.92 Å². The van der Waals surface area contributed by atoms with Crippen molar-refractivity contribution in [1.82, 2.24) is 9.13 Å². The zero-order chi connectivity index (χ0) is 15.6. The van der Waals surface area contributed by atoms with Gasteiger partial charge >= 0.3 is 11.1 Å². The van der Waals surface area contributed by atoms with E-state index in [4.69, 9.17) is 16.3 Å². The Morgan fingerprint density at radius 2 is 2.00 bits per heavy atom. The topological polar surface area (TPSA) is 53.2 Å². The van der Waals surface area contributed by atoms with Crippen molar-refractivity contribution in [2.75, 3.05) is 7.11 Å². The maximum Gasteiger partial charge on any atom is 0.320 e. The average molecular weight is 307 g/mol. The lowest BCUT2D eigenvalue weighted by Crippen LogP contribution is -2.40. The molecule has 0 aliphatic heterocycles. The normalized spacial score (nSPS) is 10.4. The lowest BCUT2D eigenvalue weighted by Gasteiger charge is -2.10. The second-order valence-corrected chi connectivity index (χ2v) is 5.09. The molecule has 110 valence electrons. The molecular formula is C15H15ClN2O3. The largest absolute Gasteiger partial charge is 0.495 e. The molecule has 0 unspecified atom stereocenters. The quantitative estimate of drug-likeness (QED) is 0.643. The number of hydrogen-bond donors (Lipinski definition) is 0. The van der Waals surface area contributed by atoms with E-state index in [0.29, 0.717) is 23.0 Å². The molecule has 0 radical (unpaired) electrons. The van der Waals surface area contributed by atoms with Crippen molar-refractivity contribution in [2.24, 2.45) is 0 Å². The maximum atomic E-state index is 12.2. The number of benzene rings is 1. The Labute approximate surface area is 126 Å². The second kappa shape index (κ2) is 6.01. The molecule has 2 rings (SSSR count). The first-order valence-corrected chi connectivity index (χ1v) is 6.62. The second-order valence-electron chi connectivity index (χ2n) is 4.68. The Morgan fingerprint density at radius 1 is 1.29 bits per heavy atom. The number of aromatic nitrogens is 2. The van der Waals surface area contributed by atoms with E-state index in [-0.39, 0.29) is 0 Å². The molecule has 0 saturated heterocycles. The molecule has 0 amide bonds. The van der Waals surface area contributed by atoms with Gasteiger partial charge in [-0.15, -0.1) is 0 Å². The third-order valence-electron chi connectivity index (χ3n) is 2.91. The van der Waals surface area contributed by atoms with Crippen LogP contribution in [-0.2, 0) is 6.54 Å². The highest BCUT2D eigenvalue weighted by molar-refractivity contribution is 6.32. The first kappa shape index (κ1) is 15.1. The third-order valence-corrected chi connectivity index (χ3v) is 3.21. The summed E-state index contributed by atoms with van der Waals surface area (Å²) in [5, 5.41) is 0.369. The predicted molar refractivity (Wildman–Crippen MR) is 82.7 cm³/mol. The van der Waals surface area contributed by atoms with E-state index in [1.807, 2.05) is 0 Å². The van der Waals surface area contributed by atoms with Crippen molar-refractivity contribution < 1.29 is 4.74 Å². The molecule has 5 nitrogen and oxygen atoms in total. The molecule has 6 heteroatoms. The van der Waals surface area contributed by atoms with Crippen molar-refractivity contribution in [3.63, 3.8) is 0 Å². The Morgan fingerprint density at radius 3 is 2.57 bits per heavy atom. The van der Waals surface area contributed by atoms with Gasteiger partial charge in [0, 0.05) is 18.9 Å². The lowest BCUT2D eigenvalue weighted by molar-refractivity contribution is 0.415. The van der Waals surface area contributed by atoms with Gasteiger partial charge in [0.05, 0.1) is 17.8 Å². The molecule has 2 aromatic rings. The molecule has 0 atom stereocenters. The van der Waals surface area contributed by atoms with Crippen LogP contribution in [0.15, 0.2) is 52.3 Å². The van der Waals surface area contributed by atoms with Gasteiger partial charge < -0.3 is 9.30 Å². The summed E-state index contributed by atoms with van der Waals surface area (Å²) in [5.74, 6) is 0.504. The fourth-order valence-electron chi connectivity index (χ4n) is 1.93. The third kappa shape index (κ3) is 3.08. The lowest BCUT2D eigenvalue weighted by atomic mass is 10.3. The molecule has 0 fully saturated rings. The van der Waals surface area contributed by atoms with Crippen molar-refractivity contribution in [2.45, 2.75) is 13.5 Å². The summed E-state index contributed by atoms with van der Waals surface area (Å²) in [5.41, 5.74) is 0.0551. The van der Waals surface area contributed by atoms with Crippen LogP contribution in [0.4, 0.5) is 0 Å². The van der Waals surface area contributed by atoms with Crippen LogP contribution in [0.2, 0.25) is 5.02 Å². The zero-order valence-corrected chi connectivity index (χ0v) is 12.6. The minimum absolute atomic E-state index is 0.318. The van der Waals surface area contributed by atoms with Gasteiger partial charge in [0.15, 0.2) is 0 Å². The number of nitrogens with zero attached hydrogens (tertiary/aromatic N) is 2. The van der Waals surface area contributed by atoms with E-state index in [2.05, 4.69) is 6.58 Å². The Hall–Kier alpha value is -2.27. The van der Waals surface area contributed by atoms with Crippen LogP contribution in [0.5, 0.6) is 5.75 Å². The zero-order valence-electron chi connectivity index (χ0n) is 11.8. The highest BCUT2D eigenvalue weighted by Gasteiger charge is 2.09. The highest BCUT2D eigenvalue weighted by Crippen LogP contribution is 2.25. The molecule has 1 aromatic heterocycles. The van der Waals surface area contributed by atoms with Crippen LogP contribution < -0.4 is 15.9 Å². The number of rotatable bonds is 4. The van der Waals surface area contributed by atoms with Crippen LogP contribution in [0.25, 0.3) is 5.69 Å². The van der Waals surface area contributed by atoms with Crippen molar-refractivity contribution in [3.8, 4) is 11.4 Å². The van der Waals surface area contributed by atoms with Gasteiger partial charge in [-0.2, -0.15) is 0 Å². The standard InChI is InChI=1S/C15H15ClN2O3/c1-10(2)9-17-6-7-18(15(20)14(17)19)11-4-5-13(21-3)12(16)8-11/h4-8H,1,9H2,2-3H3. The van der Waals surface area contributed by atoms with Crippen molar-refractivity contribution in [3.05, 3.63) is 68.5 Å². The highest BCUT2D eigenvalue weighted by atomic mass is 35.5. The molecule has 1 aromatic carbocycles. The molecular weight excluding hydrogens is 292 g/mol. The molecule has 21 heavy (non-hydrogen) atoms. The summed E-state index contributed by atoms with van der Waals surface area (Å²) in [6, 6.07) is 4.88. The van der Waals surface area contributed by atoms with Gasteiger partial charge in [0.25, 0.3) is 0 Å². The molecule has 0 bridgehead atoms. The molecule has 0 aliphatic rings. The molecule has 0 saturated carbocycles. The summed E-state index contributed by atoms with van der Waals surface area (Å²) in [4.78, 5) is 24.2. The van der Waals surface area contributed by atoms with Gasteiger partial charge in [-0.25, -0.2) is 0 Å². The predicted octanol–water partition coefficient (Wildman–Crippen LogP) is 2.24. The molecule has 0 spiro atoms. The summed E-state index contributed by atoms with van der Waals surface area (Å²) in [6.45, 7) is 5.84. The SMILES string of the molecule is C=C(C)Cn1ccn(-c2ccc(OC)c(Cl)c2)c(=O)c1=O. The fourth-order valence-corrected chi connectivity index (χ4v) is 2.18. The summed E-state index contributed by atoms with van der Waals surface area (Å²) in [7, 11) is 1.51. The van der Waals surface area contributed by atoms with Crippen molar-refractivity contribution in [1.29, 1.82) is 0 Å². The maximum absolute atomic E-state index is 12.2. The van der Waals surface area contributed by atoms with E-state index in [1.54, 1.807) is 31.3 Å². The number of hydrogen-bond acceptors (Lipinski definition) is 3. The average Bonchev–Trinajstić information content (AvgIpc) is 2.43. The summed E-state index contributed by atoms with van der Waals surface area (Å²) in [6.07, 6.45) is 3.08.